The lowest BCUT2D eigenvalue weighted by molar-refractivity contribution is 0.255. The second-order valence-corrected chi connectivity index (χ2v) is 6.84. The predicted octanol–water partition coefficient (Wildman–Crippen LogP) is 3.29. The van der Waals surface area contributed by atoms with E-state index in [1.54, 1.807) is 14.2 Å². The Hall–Kier alpha value is -2.00. The second-order valence-electron chi connectivity index (χ2n) is 6.84. The van der Waals surface area contributed by atoms with Crippen LogP contribution in [0.3, 0.4) is 0 Å². The van der Waals surface area contributed by atoms with Gasteiger partial charge >= 0.3 is 0 Å². The Morgan fingerprint density at radius 3 is 2.41 bits per heavy atom. The van der Waals surface area contributed by atoms with Gasteiger partial charge in [0.1, 0.15) is 0 Å². The summed E-state index contributed by atoms with van der Waals surface area (Å²) in [4.78, 5) is 6.75. The van der Waals surface area contributed by atoms with Crippen LogP contribution in [0.1, 0.15) is 18.1 Å². The molecule has 2 rings (SSSR count). The van der Waals surface area contributed by atoms with Gasteiger partial charge in [0.05, 0.1) is 20.8 Å². The molecule has 6 nitrogen and oxygen atoms in total. The van der Waals surface area contributed by atoms with Gasteiger partial charge in [-0.3, -0.25) is 9.89 Å². The van der Waals surface area contributed by atoms with E-state index in [-0.39, 0.29) is 24.0 Å². The Labute approximate surface area is 191 Å². The molecule has 7 heteroatoms. The largest absolute Gasteiger partial charge is 0.493 e. The van der Waals surface area contributed by atoms with Crippen LogP contribution in [0.5, 0.6) is 11.5 Å². The minimum Gasteiger partial charge on any atom is -0.493 e. The highest BCUT2D eigenvalue weighted by atomic mass is 127. The van der Waals surface area contributed by atoms with Crippen molar-refractivity contribution in [2.45, 2.75) is 25.9 Å². The van der Waals surface area contributed by atoms with Gasteiger partial charge in [0.15, 0.2) is 17.5 Å². The first kappa shape index (κ1) is 25.0. The minimum absolute atomic E-state index is 0. The van der Waals surface area contributed by atoms with Gasteiger partial charge in [-0.2, -0.15) is 0 Å². The van der Waals surface area contributed by atoms with Crippen LogP contribution >= 0.6 is 24.0 Å². The van der Waals surface area contributed by atoms with Crippen molar-refractivity contribution in [2.75, 3.05) is 34.4 Å². The third-order valence-corrected chi connectivity index (χ3v) is 4.72. The maximum atomic E-state index is 6.02. The van der Waals surface area contributed by atoms with E-state index in [1.807, 2.05) is 24.3 Å². The number of benzene rings is 2. The number of nitrogens with one attached hydrogen (secondary N) is 1. The van der Waals surface area contributed by atoms with Crippen LogP contribution in [-0.4, -0.2) is 51.3 Å². The number of rotatable bonds is 10. The molecular formula is C22H33IN4O2. The van der Waals surface area contributed by atoms with E-state index in [9.17, 15) is 0 Å². The molecule has 2 aromatic carbocycles. The Morgan fingerprint density at radius 2 is 1.76 bits per heavy atom. The maximum Gasteiger partial charge on any atom is 0.188 e. The van der Waals surface area contributed by atoms with Crippen LogP contribution < -0.4 is 20.5 Å². The van der Waals surface area contributed by atoms with Gasteiger partial charge < -0.3 is 20.5 Å². The van der Waals surface area contributed by atoms with Gasteiger partial charge in [0, 0.05) is 19.1 Å². The van der Waals surface area contributed by atoms with Crippen molar-refractivity contribution in [3.63, 3.8) is 0 Å². The average molecular weight is 512 g/mol. The molecule has 0 fully saturated rings. The maximum absolute atomic E-state index is 6.02. The quantitative estimate of drug-likeness (QED) is 0.291. The first-order chi connectivity index (χ1) is 13.5. The molecule has 0 aliphatic heterocycles. The first-order valence-electron chi connectivity index (χ1n) is 9.52. The van der Waals surface area contributed by atoms with Gasteiger partial charge in [0.2, 0.25) is 0 Å². The second kappa shape index (κ2) is 13.3. The zero-order valence-corrected chi connectivity index (χ0v) is 20.1. The highest BCUT2D eigenvalue weighted by molar-refractivity contribution is 14.0. The Balaban J connectivity index is 0.00000420. The molecule has 3 N–H and O–H groups in total. The number of guanidine groups is 1. The number of ether oxygens (including phenoxy) is 2. The number of aliphatic imine (C=N–C) groups is 1. The van der Waals surface area contributed by atoms with Gasteiger partial charge in [-0.1, -0.05) is 36.4 Å². The summed E-state index contributed by atoms with van der Waals surface area (Å²) in [5.41, 5.74) is 8.46. The molecular weight excluding hydrogens is 479 g/mol. The van der Waals surface area contributed by atoms with Crippen LogP contribution in [0.25, 0.3) is 0 Å². The van der Waals surface area contributed by atoms with Crippen LogP contribution in [0.15, 0.2) is 53.5 Å². The molecule has 1 unspecified atom stereocenters. The molecule has 0 heterocycles. The SMILES string of the molecule is COc1ccc(CCNC(N)=NCC(C)N(C)Cc2ccccc2)cc1OC.I. The summed E-state index contributed by atoms with van der Waals surface area (Å²) in [5, 5.41) is 3.18. The standard InChI is InChI=1S/C22H32N4O2.HI/c1-17(26(2)16-19-8-6-5-7-9-19)15-25-22(23)24-13-12-18-10-11-20(27-3)21(14-18)28-4;/h5-11,14,17H,12-13,15-16H2,1-4H3,(H3,23,24,25);1H. The van der Waals surface area contributed by atoms with Crippen LogP contribution in [-0.2, 0) is 13.0 Å². The smallest absolute Gasteiger partial charge is 0.188 e. The summed E-state index contributed by atoms with van der Waals surface area (Å²) in [6, 6.07) is 16.6. The topological polar surface area (TPSA) is 72.1 Å². The normalized spacial score (nSPS) is 12.2. The zero-order chi connectivity index (χ0) is 20.4. The third-order valence-electron chi connectivity index (χ3n) is 4.72. The molecule has 0 spiro atoms. The summed E-state index contributed by atoms with van der Waals surface area (Å²) >= 11 is 0. The Kier molecular flexibility index (Phi) is 11.5. The molecule has 29 heavy (non-hydrogen) atoms. The number of nitrogens with two attached hydrogens (primary N) is 1. The summed E-state index contributed by atoms with van der Waals surface area (Å²) in [6.07, 6.45) is 0.819. The van der Waals surface area contributed by atoms with Crippen LogP contribution in [0.4, 0.5) is 0 Å². The fourth-order valence-electron chi connectivity index (χ4n) is 2.82. The summed E-state index contributed by atoms with van der Waals surface area (Å²) in [5.74, 6) is 1.94. The lowest BCUT2D eigenvalue weighted by Gasteiger charge is -2.23. The average Bonchev–Trinajstić information content (AvgIpc) is 2.72. The Bertz CT molecular complexity index is 756. The van der Waals surface area contributed by atoms with Gasteiger partial charge in [-0.15, -0.1) is 24.0 Å². The summed E-state index contributed by atoms with van der Waals surface area (Å²) in [6.45, 7) is 4.41. The summed E-state index contributed by atoms with van der Waals surface area (Å²) in [7, 11) is 5.38. The molecule has 0 aliphatic rings. The lowest BCUT2D eigenvalue weighted by Crippen LogP contribution is -2.36. The number of hydrogen-bond acceptors (Lipinski definition) is 4. The van der Waals surface area contributed by atoms with Crippen LogP contribution in [0, 0.1) is 0 Å². The van der Waals surface area contributed by atoms with Crippen molar-refractivity contribution in [2.24, 2.45) is 10.7 Å². The number of nitrogens with zero attached hydrogens (tertiary/aromatic N) is 2. The molecule has 0 amide bonds. The zero-order valence-electron chi connectivity index (χ0n) is 17.7. The van der Waals surface area contributed by atoms with E-state index in [0.717, 1.165) is 30.0 Å². The predicted molar refractivity (Wildman–Crippen MR) is 131 cm³/mol. The number of likely N-dealkylation sites (N-methyl/N-ethyl adjacent to an activating group) is 1. The van der Waals surface area contributed by atoms with Crippen LogP contribution in [0.2, 0.25) is 0 Å². The lowest BCUT2D eigenvalue weighted by atomic mass is 10.1. The number of hydrogen-bond donors (Lipinski definition) is 2. The molecule has 0 saturated heterocycles. The van der Waals surface area contributed by atoms with E-state index >= 15 is 0 Å². The molecule has 0 aromatic heterocycles. The van der Waals surface area contributed by atoms with Crippen molar-refractivity contribution >= 4 is 29.9 Å². The number of halogens is 1. The molecule has 0 radical (unpaired) electrons. The van der Waals surface area contributed by atoms with Crippen molar-refractivity contribution in [3.8, 4) is 11.5 Å². The van der Waals surface area contributed by atoms with E-state index in [0.29, 0.717) is 25.1 Å². The van der Waals surface area contributed by atoms with E-state index < -0.39 is 0 Å². The van der Waals surface area contributed by atoms with Crippen molar-refractivity contribution in [1.29, 1.82) is 0 Å². The third kappa shape index (κ3) is 8.49. The fraction of sp³-hybridized carbons (Fsp3) is 0.409. The van der Waals surface area contributed by atoms with Gasteiger partial charge in [-0.25, -0.2) is 0 Å². The minimum atomic E-state index is 0. The molecule has 2 aromatic rings. The Morgan fingerprint density at radius 1 is 1.07 bits per heavy atom. The molecule has 160 valence electrons. The van der Waals surface area contributed by atoms with Crippen molar-refractivity contribution in [1.82, 2.24) is 10.2 Å². The van der Waals surface area contributed by atoms with Crippen molar-refractivity contribution < 1.29 is 9.47 Å². The monoisotopic (exact) mass is 512 g/mol. The fourth-order valence-corrected chi connectivity index (χ4v) is 2.82. The van der Waals surface area contributed by atoms with Gasteiger partial charge in [-0.05, 0) is 43.7 Å². The highest BCUT2D eigenvalue weighted by Gasteiger charge is 2.09. The number of methoxy groups -OCH3 is 2. The first-order valence-corrected chi connectivity index (χ1v) is 9.52. The van der Waals surface area contributed by atoms with E-state index in [2.05, 4.69) is 53.4 Å². The van der Waals surface area contributed by atoms with Gasteiger partial charge in [0.25, 0.3) is 0 Å². The van der Waals surface area contributed by atoms with Crippen molar-refractivity contribution in [3.05, 3.63) is 59.7 Å². The highest BCUT2D eigenvalue weighted by Crippen LogP contribution is 2.27. The van der Waals surface area contributed by atoms with E-state index in [1.165, 1.54) is 5.56 Å². The molecule has 0 saturated carbocycles. The molecule has 0 aliphatic carbocycles. The van der Waals surface area contributed by atoms with E-state index in [4.69, 9.17) is 15.2 Å². The molecule has 1 atom stereocenters. The summed E-state index contributed by atoms with van der Waals surface area (Å²) < 4.78 is 10.6. The molecule has 0 bridgehead atoms.